The normalized spacial score (nSPS) is 18.0. The summed E-state index contributed by atoms with van der Waals surface area (Å²) in [7, 11) is 1.61. The molecule has 0 saturated carbocycles. The van der Waals surface area contributed by atoms with Gasteiger partial charge >= 0.3 is 6.09 Å². The molecule has 0 aliphatic carbocycles. The van der Waals surface area contributed by atoms with Crippen molar-refractivity contribution in [3.05, 3.63) is 29.8 Å². The first kappa shape index (κ1) is 15.4. The number of nitrogens with zero attached hydrogens (tertiary/aromatic N) is 1. The molecule has 1 saturated heterocycles. The minimum atomic E-state index is -0.520. The first-order chi connectivity index (χ1) is 10.0. The minimum Gasteiger partial charge on any atom is -0.497 e. The second-order valence-corrected chi connectivity index (χ2v) is 5.50. The van der Waals surface area contributed by atoms with Gasteiger partial charge in [-0.3, -0.25) is 4.79 Å². The molecule has 1 heterocycles. The first-order valence-corrected chi connectivity index (χ1v) is 7.14. The van der Waals surface area contributed by atoms with Crippen LogP contribution < -0.4 is 4.74 Å². The number of benzene rings is 1. The number of amides is 2. The maximum Gasteiger partial charge on any atom is 0.416 e. The molecule has 5 nitrogen and oxygen atoms in total. The Bertz CT molecular complexity index is 510. The fraction of sp³-hybridized carbons (Fsp3) is 0.500. The summed E-state index contributed by atoms with van der Waals surface area (Å²) < 4.78 is 10.1. The fourth-order valence-electron chi connectivity index (χ4n) is 2.38. The third-order valence-corrected chi connectivity index (χ3v) is 3.73. The molecule has 0 N–H and O–H groups in total. The summed E-state index contributed by atoms with van der Waals surface area (Å²) in [4.78, 5) is 25.2. The largest absolute Gasteiger partial charge is 0.497 e. The van der Waals surface area contributed by atoms with Gasteiger partial charge in [0.2, 0.25) is 5.91 Å². The van der Waals surface area contributed by atoms with Gasteiger partial charge in [0.15, 0.2) is 0 Å². The van der Waals surface area contributed by atoms with Gasteiger partial charge in [0.1, 0.15) is 12.4 Å². The van der Waals surface area contributed by atoms with Crippen molar-refractivity contribution in [1.29, 1.82) is 0 Å². The van der Waals surface area contributed by atoms with Gasteiger partial charge in [-0.05, 0) is 30.0 Å². The van der Waals surface area contributed by atoms with Gasteiger partial charge in [0.25, 0.3) is 0 Å². The highest BCUT2D eigenvalue weighted by molar-refractivity contribution is 5.93. The minimum absolute atomic E-state index is 0.152. The molecule has 5 heteroatoms. The van der Waals surface area contributed by atoms with Gasteiger partial charge in [0.05, 0.1) is 13.2 Å². The molecular formula is C16H21NO4. The predicted octanol–water partition coefficient (Wildman–Crippen LogP) is 2.63. The van der Waals surface area contributed by atoms with Crippen LogP contribution in [0.3, 0.4) is 0 Å². The zero-order chi connectivity index (χ0) is 15.4. The third kappa shape index (κ3) is 3.54. The van der Waals surface area contributed by atoms with Gasteiger partial charge in [-0.25, -0.2) is 9.69 Å². The van der Waals surface area contributed by atoms with Crippen LogP contribution >= 0.6 is 0 Å². The fourth-order valence-corrected chi connectivity index (χ4v) is 2.38. The van der Waals surface area contributed by atoms with E-state index in [1.807, 2.05) is 38.1 Å². The molecule has 1 fully saturated rings. The van der Waals surface area contributed by atoms with Crippen molar-refractivity contribution in [2.45, 2.75) is 32.7 Å². The van der Waals surface area contributed by atoms with Crippen LogP contribution in [-0.4, -0.2) is 36.7 Å². The standard InChI is InChI=1S/C16H21NO4/c1-11(2)14-10-21-16(19)17(14)15(18)9-6-12-4-7-13(20-3)8-5-12/h4-5,7-8,11,14H,6,9-10H2,1-3H3/t14-/m1/s1. The maximum atomic E-state index is 12.3. The second kappa shape index (κ2) is 6.61. The Morgan fingerprint density at radius 1 is 1.38 bits per heavy atom. The molecule has 21 heavy (non-hydrogen) atoms. The number of carbonyl (C=O) groups is 2. The van der Waals surface area contributed by atoms with Gasteiger partial charge in [-0.15, -0.1) is 0 Å². The number of hydrogen-bond donors (Lipinski definition) is 0. The van der Waals surface area contributed by atoms with Gasteiger partial charge in [0, 0.05) is 6.42 Å². The van der Waals surface area contributed by atoms with Crippen LogP contribution in [0.5, 0.6) is 5.75 Å². The van der Waals surface area contributed by atoms with E-state index in [9.17, 15) is 9.59 Å². The monoisotopic (exact) mass is 291 g/mol. The molecule has 1 aliphatic heterocycles. The van der Waals surface area contributed by atoms with E-state index in [4.69, 9.17) is 9.47 Å². The molecule has 0 unspecified atom stereocenters. The lowest BCUT2D eigenvalue weighted by Gasteiger charge is -2.22. The van der Waals surface area contributed by atoms with E-state index in [1.54, 1.807) is 7.11 Å². The molecule has 0 radical (unpaired) electrons. The predicted molar refractivity (Wildman–Crippen MR) is 78.1 cm³/mol. The molecule has 2 amide bonds. The highest BCUT2D eigenvalue weighted by Crippen LogP contribution is 2.21. The SMILES string of the molecule is COc1ccc(CCC(=O)N2C(=O)OC[C@@H]2C(C)C)cc1. The summed E-state index contributed by atoms with van der Waals surface area (Å²) in [5, 5.41) is 0. The molecule has 0 bridgehead atoms. The molecule has 1 aromatic rings. The lowest BCUT2D eigenvalue weighted by Crippen LogP contribution is -2.41. The van der Waals surface area contributed by atoms with E-state index in [2.05, 4.69) is 0 Å². The molecule has 1 aliphatic rings. The zero-order valence-electron chi connectivity index (χ0n) is 12.7. The molecule has 1 aromatic carbocycles. The average Bonchev–Trinajstić information content (AvgIpc) is 2.87. The van der Waals surface area contributed by atoms with Gasteiger partial charge in [-0.1, -0.05) is 26.0 Å². The van der Waals surface area contributed by atoms with Crippen molar-refractivity contribution in [3.8, 4) is 5.75 Å². The number of imide groups is 1. The van der Waals surface area contributed by atoms with Crippen LogP contribution in [0.2, 0.25) is 0 Å². The number of methoxy groups -OCH3 is 1. The van der Waals surface area contributed by atoms with Crippen LogP contribution in [0.15, 0.2) is 24.3 Å². The van der Waals surface area contributed by atoms with Crippen LogP contribution in [0.25, 0.3) is 0 Å². The number of cyclic esters (lactones) is 1. The number of carbonyl (C=O) groups excluding carboxylic acids is 2. The molecule has 0 aromatic heterocycles. The molecule has 2 rings (SSSR count). The number of aryl methyl sites for hydroxylation is 1. The Morgan fingerprint density at radius 2 is 2.05 bits per heavy atom. The van der Waals surface area contributed by atoms with E-state index in [0.717, 1.165) is 11.3 Å². The molecular weight excluding hydrogens is 270 g/mol. The van der Waals surface area contributed by atoms with E-state index in [0.29, 0.717) is 19.4 Å². The van der Waals surface area contributed by atoms with Crippen LogP contribution in [0.4, 0.5) is 4.79 Å². The average molecular weight is 291 g/mol. The maximum absolute atomic E-state index is 12.3. The van der Waals surface area contributed by atoms with Gasteiger partial charge < -0.3 is 9.47 Å². The number of ether oxygens (including phenoxy) is 2. The van der Waals surface area contributed by atoms with E-state index in [1.165, 1.54) is 4.90 Å². The Hall–Kier alpha value is -2.04. The quantitative estimate of drug-likeness (QED) is 0.837. The van der Waals surface area contributed by atoms with E-state index < -0.39 is 6.09 Å². The summed E-state index contributed by atoms with van der Waals surface area (Å²) in [6, 6.07) is 7.42. The van der Waals surface area contributed by atoms with Crippen molar-refractivity contribution in [3.63, 3.8) is 0 Å². The second-order valence-electron chi connectivity index (χ2n) is 5.50. The summed E-state index contributed by atoms with van der Waals surface area (Å²) >= 11 is 0. The lowest BCUT2D eigenvalue weighted by atomic mass is 10.0. The summed E-state index contributed by atoms with van der Waals surface area (Å²) in [6.45, 7) is 4.26. The van der Waals surface area contributed by atoms with Crippen LogP contribution in [-0.2, 0) is 16.0 Å². The molecule has 0 spiro atoms. The molecule has 1 atom stereocenters. The Balaban J connectivity index is 1.95. The number of rotatable bonds is 5. The van der Waals surface area contributed by atoms with Crippen molar-refractivity contribution in [2.24, 2.45) is 5.92 Å². The summed E-state index contributed by atoms with van der Waals surface area (Å²) in [6.07, 6.45) is 0.371. The third-order valence-electron chi connectivity index (χ3n) is 3.73. The Labute approximate surface area is 124 Å². The topological polar surface area (TPSA) is 55.8 Å². The van der Waals surface area contributed by atoms with E-state index in [-0.39, 0.29) is 17.9 Å². The van der Waals surface area contributed by atoms with Crippen molar-refractivity contribution < 1.29 is 19.1 Å². The Morgan fingerprint density at radius 3 is 2.62 bits per heavy atom. The lowest BCUT2D eigenvalue weighted by molar-refractivity contribution is -0.129. The number of hydrogen-bond acceptors (Lipinski definition) is 4. The van der Waals surface area contributed by atoms with Crippen molar-refractivity contribution in [1.82, 2.24) is 4.90 Å². The first-order valence-electron chi connectivity index (χ1n) is 7.14. The van der Waals surface area contributed by atoms with Crippen molar-refractivity contribution >= 4 is 12.0 Å². The summed E-state index contributed by atoms with van der Waals surface area (Å²) in [5.74, 6) is 0.807. The zero-order valence-corrected chi connectivity index (χ0v) is 12.7. The Kier molecular flexibility index (Phi) is 4.83. The summed E-state index contributed by atoms with van der Waals surface area (Å²) in [5.41, 5.74) is 1.04. The van der Waals surface area contributed by atoms with Crippen LogP contribution in [0.1, 0.15) is 25.8 Å². The molecule has 114 valence electrons. The highest BCUT2D eigenvalue weighted by atomic mass is 16.6. The van der Waals surface area contributed by atoms with Crippen molar-refractivity contribution in [2.75, 3.05) is 13.7 Å². The van der Waals surface area contributed by atoms with Crippen LogP contribution in [0, 0.1) is 5.92 Å². The smallest absolute Gasteiger partial charge is 0.416 e. The highest BCUT2D eigenvalue weighted by Gasteiger charge is 2.38. The van der Waals surface area contributed by atoms with Gasteiger partial charge in [-0.2, -0.15) is 0 Å². The van der Waals surface area contributed by atoms with E-state index >= 15 is 0 Å².